The molecule has 27 heavy (non-hydrogen) atoms. The zero-order chi connectivity index (χ0) is 19.1. The Hall–Kier alpha value is -3.09. The number of carbonyl (C=O) groups is 1. The van der Waals surface area contributed by atoms with Crippen molar-refractivity contribution in [2.45, 2.75) is 26.2 Å². The lowest BCUT2D eigenvalue weighted by molar-refractivity contribution is 0.102. The molecule has 0 saturated carbocycles. The van der Waals surface area contributed by atoms with E-state index in [-0.39, 0.29) is 5.91 Å². The first-order valence-corrected chi connectivity index (χ1v) is 8.92. The molecular weight excluding hydrogens is 344 g/mol. The molecule has 0 saturated heterocycles. The van der Waals surface area contributed by atoms with Gasteiger partial charge in [-0.25, -0.2) is 4.98 Å². The minimum Gasteiger partial charge on any atom is -0.497 e. The number of rotatable bonds is 4. The summed E-state index contributed by atoms with van der Waals surface area (Å²) in [5, 5.41) is 8.30. The number of hydrogen-bond donors (Lipinski definition) is 1. The average Bonchev–Trinajstić information content (AvgIpc) is 3.24. The molecule has 7 nitrogen and oxygen atoms in total. The zero-order valence-corrected chi connectivity index (χ0v) is 15.9. The Morgan fingerprint density at radius 3 is 2.78 bits per heavy atom. The van der Waals surface area contributed by atoms with E-state index in [1.54, 1.807) is 37.1 Å². The number of carbonyl (C=O) groups excluding carboxylic acids is 1. The highest BCUT2D eigenvalue weighted by molar-refractivity contribution is 6.14. The summed E-state index contributed by atoms with van der Waals surface area (Å²) in [6, 6.07) is 5.32. The quantitative estimate of drug-likeness (QED) is 0.768. The van der Waals surface area contributed by atoms with Gasteiger partial charge in [0.05, 0.1) is 36.6 Å². The van der Waals surface area contributed by atoms with E-state index in [1.807, 2.05) is 14.0 Å². The molecule has 0 fully saturated rings. The van der Waals surface area contributed by atoms with E-state index in [2.05, 4.69) is 10.4 Å². The Kier molecular flexibility index (Phi) is 4.22. The largest absolute Gasteiger partial charge is 0.497 e. The van der Waals surface area contributed by atoms with Crippen LogP contribution in [0.2, 0.25) is 0 Å². The van der Waals surface area contributed by atoms with Crippen LogP contribution in [0.15, 0.2) is 18.2 Å². The number of hydrogen-bond acceptors (Lipinski definition) is 5. The third-order valence-corrected chi connectivity index (χ3v) is 5.06. The first kappa shape index (κ1) is 17.3. The van der Waals surface area contributed by atoms with Crippen LogP contribution in [0.5, 0.6) is 11.5 Å². The molecule has 1 aliphatic rings. The summed E-state index contributed by atoms with van der Waals surface area (Å²) in [7, 11) is 5.02. The number of methoxy groups -OCH3 is 2. The summed E-state index contributed by atoms with van der Waals surface area (Å²) in [6.07, 6.45) is 2.76. The van der Waals surface area contributed by atoms with E-state index < -0.39 is 0 Å². The number of amides is 1. The van der Waals surface area contributed by atoms with Crippen molar-refractivity contribution in [2.75, 3.05) is 19.5 Å². The zero-order valence-electron chi connectivity index (χ0n) is 15.9. The number of nitrogens with one attached hydrogen (secondary N) is 1. The SMILES string of the molecule is COc1ccc(NC(=O)c2c3c(nc4c2c(C)nn4C)CCC3)c(OC)c1. The van der Waals surface area contributed by atoms with Crippen LogP contribution in [0.3, 0.4) is 0 Å². The molecule has 0 aliphatic heterocycles. The van der Waals surface area contributed by atoms with Gasteiger partial charge in [-0.2, -0.15) is 5.10 Å². The maximum absolute atomic E-state index is 13.3. The van der Waals surface area contributed by atoms with E-state index >= 15 is 0 Å². The fourth-order valence-corrected chi connectivity index (χ4v) is 3.80. The highest BCUT2D eigenvalue weighted by Crippen LogP contribution is 2.34. The van der Waals surface area contributed by atoms with Crippen LogP contribution in [0, 0.1) is 6.92 Å². The Balaban J connectivity index is 1.82. The molecule has 0 bridgehead atoms. The standard InChI is InChI=1S/C20H22N4O3/c1-11-17-18(13-6-5-7-14(13)21-19(17)24(2)23-11)20(25)22-15-9-8-12(26-3)10-16(15)27-4/h8-10H,5-7H2,1-4H3,(H,22,25). The van der Waals surface area contributed by atoms with Gasteiger partial charge in [0.1, 0.15) is 11.5 Å². The van der Waals surface area contributed by atoms with Crippen molar-refractivity contribution in [2.24, 2.45) is 7.05 Å². The van der Waals surface area contributed by atoms with Gasteiger partial charge in [-0.3, -0.25) is 9.48 Å². The van der Waals surface area contributed by atoms with E-state index in [1.165, 1.54) is 0 Å². The highest BCUT2D eigenvalue weighted by Gasteiger charge is 2.27. The van der Waals surface area contributed by atoms with Crippen molar-refractivity contribution >= 4 is 22.6 Å². The van der Waals surface area contributed by atoms with Crippen molar-refractivity contribution in [1.29, 1.82) is 0 Å². The molecule has 0 unspecified atom stereocenters. The maximum atomic E-state index is 13.3. The predicted molar refractivity (Wildman–Crippen MR) is 103 cm³/mol. The van der Waals surface area contributed by atoms with Crippen LogP contribution >= 0.6 is 0 Å². The van der Waals surface area contributed by atoms with Crippen LogP contribution in [-0.4, -0.2) is 34.9 Å². The lowest BCUT2D eigenvalue weighted by Gasteiger charge is -2.14. The summed E-state index contributed by atoms with van der Waals surface area (Å²) in [6.45, 7) is 1.91. The number of fused-ring (bicyclic) bond motifs is 2. The molecule has 2 aromatic heterocycles. The fourth-order valence-electron chi connectivity index (χ4n) is 3.80. The second-order valence-corrected chi connectivity index (χ2v) is 6.69. The summed E-state index contributed by atoms with van der Waals surface area (Å²) < 4.78 is 12.4. The van der Waals surface area contributed by atoms with Gasteiger partial charge in [0, 0.05) is 18.8 Å². The van der Waals surface area contributed by atoms with Crippen molar-refractivity contribution in [1.82, 2.24) is 14.8 Å². The maximum Gasteiger partial charge on any atom is 0.256 e. The van der Waals surface area contributed by atoms with Gasteiger partial charge in [0.25, 0.3) is 5.91 Å². The topological polar surface area (TPSA) is 78.3 Å². The Bertz CT molecular complexity index is 1060. The Morgan fingerprint density at radius 2 is 2.04 bits per heavy atom. The molecular formula is C20H22N4O3. The third-order valence-electron chi connectivity index (χ3n) is 5.06. The normalized spacial score (nSPS) is 12.9. The predicted octanol–water partition coefficient (Wildman–Crippen LogP) is 3.03. The first-order valence-electron chi connectivity index (χ1n) is 8.92. The summed E-state index contributed by atoms with van der Waals surface area (Å²) in [5.41, 5.74) is 4.86. The number of pyridine rings is 1. The second kappa shape index (κ2) is 6.57. The Morgan fingerprint density at radius 1 is 1.22 bits per heavy atom. The molecule has 140 valence electrons. The molecule has 0 spiro atoms. The van der Waals surface area contributed by atoms with Gasteiger partial charge in [-0.15, -0.1) is 0 Å². The van der Waals surface area contributed by atoms with Crippen LogP contribution in [0.25, 0.3) is 11.0 Å². The lowest BCUT2D eigenvalue weighted by Crippen LogP contribution is -2.16. The number of anilines is 1. The average molecular weight is 366 g/mol. The number of ether oxygens (including phenoxy) is 2. The molecule has 7 heteroatoms. The monoisotopic (exact) mass is 366 g/mol. The van der Waals surface area contributed by atoms with Gasteiger partial charge in [-0.1, -0.05) is 0 Å². The van der Waals surface area contributed by atoms with E-state index in [4.69, 9.17) is 14.5 Å². The van der Waals surface area contributed by atoms with Gasteiger partial charge in [-0.05, 0) is 43.9 Å². The molecule has 3 aromatic rings. The molecule has 2 heterocycles. The first-order chi connectivity index (χ1) is 13.0. The van der Waals surface area contributed by atoms with Crippen molar-refractivity contribution < 1.29 is 14.3 Å². The minimum absolute atomic E-state index is 0.167. The smallest absolute Gasteiger partial charge is 0.256 e. The molecule has 1 aromatic carbocycles. The van der Waals surface area contributed by atoms with E-state index in [0.29, 0.717) is 22.7 Å². The van der Waals surface area contributed by atoms with E-state index in [9.17, 15) is 4.79 Å². The van der Waals surface area contributed by atoms with Crippen LogP contribution in [0.4, 0.5) is 5.69 Å². The lowest BCUT2D eigenvalue weighted by atomic mass is 10.0. The van der Waals surface area contributed by atoms with Crippen LogP contribution in [-0.2, 0) is 19.9 Å². The van der Waals surface area contributed by atoms with Crippen molar-refractivity contribution in [3.05, 3.63) is 40.7 Å². The second-order valence-electron chi connectivity index (χ2n) is 6.69. The molecule has 4 rings (SSSR count). The Labute approximate surface area is 157 Å². The fraction of sp³-hybridized carbons (Fsp3) is 0.350. The van der Waals surface area contributed by atoms with Crippen LogP contribution < -0.4 is 14.8 Å². The van der Waals surface area contributed by atoms with Gasteiger partial charge >= 0.3 is 0 Å². The molecule has 0 atom stereocenters. The molecule has 0 radical (unpaired) electrons. The van der Waals surface area contributed by atoms with Crippen molar-refractivity contribution in [3.63, 3.8) is 0 Å². The summed E-state index contributed by atoms with van der Waals surface area (Å²) in [5.74, 6) is 1.05. The number of benzene rings is 1. The van der Waals surface area contributed by atoms with Crippen LogP contribution in [0.1, 0.15) is 33.7 Å². The van der Waals surface area contributed by atoms with Gasteiger partial charge in [0.15, 0.2) is 5.65 Å². The molecule has 1 aliphatic carbocycles. The van der Waals surface area contributed by atoms with Crippen molar-refractivity contribution in [3.8, 4) is 11.5 Å². The summed E-state index contributed by atoms with van der Waals surface area (Å²) >= 11 is 0. The third kappa shape index (κ3) is 2.79. The number of aromatic nitrogens is 3. The number of nitrogens with zero attached hydrogens (tertiary/aromatic N) is 3. The number of aryl methyl sites for hydroxylation is 3. The summed E-state index contributed by atoms with van der Waals surface area (Å²) in [4.78, 5) is 18.1. The van der Waals surface area contributed by atoms with Gasteiger partial charge in [0.2, 0.25) is 0 Å². The van der Waals surface area contributed by atoms with E-state index in [0.717, 1.165) is 47.2 Å². The van der Waals surface area contributed by atoms with Gasteiger partial charge < -0.3 is 14.8 Å². The minimum atomic E-state index is -0.167. The highest BCUT2D eigenvalue weighted by atomic mass is 16.5. The molecule has 1 amide bonds. The molecule has 1 N–H and O–H groups in total.